The first-order valence-corrected chi connectivity index (χ1v) is 4.10. The number of imidazole rings is 1. The van der Waals surface area contributed by atoms with E-state index >= 15 is 0 Å². The molecule has 0 bridgehead atoms. The smallest absolute Gasteiger partial charge is 0.174 e. The summed E-state index contributed by atoms with van der Waals surface area (Å²) in [5, 5.41) is 0. The average molecular weight is 173 g/mol. The second-order valence-electron chi connectivity index (χ2n) is 3.08. The fourth-order valence-corrected chi connectivity index (χ4v) is 1.32. The molecule has 0 aliphatic rings. The van der Waals surface area contributed by atoms with Gasteiger partial charge in [0.25, 0.3) is 0 Å². The van der Waals surface area contributed by atoms with E-state index in [1.165, 1.54) is 0 Å². The molecule has 0 saturated heterocycles. The molecule has 1 aromatic heterocycles. The van der Waals surface area contributed by atoms with Crippen LogP contribution in [0.15, 0.2) is 18.2 Å². The van der Waals surface area contributed by atoms with E-state index in [2.05, 4.69) is 16.3 Å². The highest BCUT2D eigenvalue weighted by Gasteiger charge is 2.00. The number of Topliss-reactive ketones (excluding diaryl/α,β-unsaturated/α-hetero) is 1. The number of carbonyl (C=O) groups is 1. The second kappa shape index (κ2) is 3.01. The number of aromatic amines is 1. The Labute approximate surface area is 75.8 Å². The Morgan fingerprint density at radius 1 is 1.62 bits per heavy atom. The number of hydrogen-bond acceptors (Lipinski definition) is 2. The van der Waals surface area contributed by atoms with Crippen molar-refractivity contribution in [1.29, 1.82) is 0 Å². The van der Waals surface area contributed by atoms with E-state index < -0.39 is 0 Å². The molecule has 1 N–H and O–H groups in total. The number of carbonyl (C=O) groups excluding carboxylic acids is 1. The zero-order chi connectivity index (χ0) is 9.26. The van der Waals surface area contributed by atoms with Crippen LogP contribution in [0.25, 0.3) is 11.0 Å². The van der Waals surface area contributed by atoms with Gasteiger partial charge in [-0.3, -0.25) is 4.79 Å². The van der Waals surface area contributed by atoms with E-state index in [1.807, 2.05) is 18.2 Å². The van der Waals surface area contributed by atoms with E-state index in [1.54, 1.807) is 6.92 Å². The minimum atomic E-state index is 0.166. The van der Waals surface area contributed by atoms with Crippen LogP contribution >= 0.6 is 0 Å². The van der Waals surface area contributed by atoms with Crippen LogP contribution in [0.5, 0.6) is 0 Å². The maximum absolute atomic E-state index is 10.9. The van der Waals surface area contributed by atoms with Crippen LogP contribution in [0.3, 0.4) is 0 Å². The lowest BCUT2D eigenvalue weighted by molar-refractivity contribution is -0.116. The van der Waals surface area contributed by atoms with Crippen LogP contribution in [0.4, 0.5) is 0 Å². The molecule has 2 rings (SSSR count). The molecule has 3 heteroatoms. The fraction of sp³-hybridized carbons (Fsp3) is 0.200. The summed E-state index contributed by atoms with van der Waals surface area (Å²) in [6, 6.07) is 5.75. The molecule has 1 radical (unpaired) electrons. The van der Waals surface area contributed by atoms with Gasteiger partial charge in [-0.05, 0) is 24.6 Å². The maximum Gasteiger partial charge on any atom is 0.174 e. The quantitative estimate of drug-likeness (QED) is 0.747. The number of H-pyrrole nitrogens is 1. The van der Waals surface area contributed by atoms with Crippen molar-refractivity contribution in [1.82, 2.24) is 9.97 Å². The van der Waals surface area contributed by atoms with Gasteiger partial charge in [0.1, 0.15) is 5.78 Å². The lowest BCUT2D eigenvalue weighted by Crippen LogP contribution is -1.95. The molecule has 0 saturated carbocycles. The second-order valence-corrected chi connectivity index (χ2v) is 3.08. The topological polar surface area (TPSA) is 45.8 Å². The largest absolute Gasteiger partial charge is 0.335 e. The number of ketones is 1. The first-order valence-electron chi connectivity index (χ1n) is 4.10. The van der Waals surface area contributed by atoms with E-state index in [0.717, 1.165) is 16.6 Å². The number of fused-ring (bicyclic) bond motifs is 1. The molecule has 0 atom stereocenters. The lowest BCUT2D eigenvalue weighted by atomic mass is 10.1. The van der Waals surface area contributed by atoms with Gasteiger partial charge in [0, 0.05) is 6.42 Å². The van der Waals surface area contributed by atoms with Gasteiger partial charge in [0.2, 0.25) is 0 Å². The highest BCUT2D eigenvalue weighted by Crippen LogP contribution is 2.11. The molecule has 3 nitrogen and oxygen atoms in total. The molecule has 2 aromatic rings. The number of aromatic nitrogens is 2. The van der Waals surface area contributed by atoms with Gasteiger partial charge in [0.15, 0.2) is 6.33 Å². The van der Waals surface area contributed by atoms with Crippen molar-refractivity contribution in [2.45, 2.75) is 13.3 Å². The highest BCUT2D eigenvalue weighted by atomic mass is 16.1. The first-order chi connectivity index (χ1) is 6.25. The molecule has 1 heterocycles. The first kappa shape index (κ1) is 7.98. The van der Waals surface area contributed by atoms with Crippen LogP contribution in [0, 0.1) is 6.33 Å². The number of rotatable bonds is 2. The molecule has 0 fully saturated rings. The maximum atomic E-state index is 10.9. The molecular weight excluding hydrogens is 164 g/mol. The summed E-state index contributed by atoms with van der Waals surface area (Å²) in [7, 11) is 0. The number of nitrogens with one attached hydrogen (secondary N) is 1. The molecule has 0 aliphatic heterocycles. The third-order valence-electron chi connectivity index (χ3n) is 1.88. The Bertz CT molecular complexity index is 445. The monoisotopic (exact) mass is 173 g/mol. The Hall–Kier alpha value is -1.64. The molecular formula is C10H9N2O. The van der Waals surface area contributed by atoms with Crippen molar-refractivity contribution in [2.75, 3.05) is 0 Å². The van der Waals surface area contributed by atoms with Crippen molar-refractivity contribution >= 4 is 16.8 Å². The number of nitrogens with zero attached hydrogens (tertiary/aromatic N) is 1. The molecule has 13 heavy (non-hydrogen) atoms. The minimum Gasteiger partial charge on any atom is -0.335 e. The van der Waals surface area contributed by atoms with Gasteiger partial charge < -0.3 is 4.98 Å². The van der Waals surface area contributed by atoms with Gasteiger partial charge in [0.05, 0.1) is 11.0 Å². The molecule has 1 aromatic carbocycles. The van der Waals surface area contributed by atoms with E-state index in [9.17, 15) is 4.79 Å². The van der Waals surface area contributed by atoms with Crippen LogP contribution in [0.2, 0.25) is 0 Å². The minimum absolute atomic E-state index is 0.166. The van der Waals surface area contributed by atoms with Gasteiger partial charge >= 0.3 is 0 Å². The van der Waals surface area contributed by atoms with Crippen molar-refractivity contribution in [3.63, 3.8) is 0 Å². The normalized spacial score (nSPS) is 10.5. The molecule has 0 aliphatic carbocycles. The highest BCUT2D eigenvalue weighted by molar-refractivity contribution is 5.81. The molecule has 0 spiro atoms. The van der Waals surface area contributed by atoms with Crippen molar-refractivity contribution in [2.24, 2.45) is 0 Å². The summed E-state index contributed by atoms with van der Waals surface area (Å²) in [6.07, 6.45) is 3.13. The third kappa shape index (κ3) is 1.59. The molecule has 0 amide bonds. The van der Waals surface area contributed by atoms with Crippen LogP contribution in [-0.2, 0) is 11.2 Å². The van der Waals surface area contributed by atoms with Gasteiger partial charge in [-0.1, -0.05) is 6.07 Å². The summed E-state index contributed by atoms with van der Waals surface area (Å²) in [4.78, 5) is 17.7. The average Bonchev–Trinajstić information content (AvgIpc) is 2.49. The lowest BCUT2D eigenvalue weighted by Gasteiger charge is -1.96. The van der Waals surface area contributed by atoms with Crippen molar-refractivity contribution < 1.29 is 4.79 Å². The zero-order valence-corrected chi connectivity index (χ0v) is 7.29. The zero-order valence-electron chi connectivity index (χ0n) is 7.29. The molecule has 65 valence electrons. The standard InChI is InChI=1S/C10H9N2O/c1-7(13)4-8-2-3-9-10(5-8)12-6-11-9/h2-3,5H,4H2,1H3,(H,11,12). The summed E-state index contributed by atoms with van der Waals surface area (Å²) in [5.41, 5.74) is 2.81. The summed E-state index contributed by atoms with van der Waals surface area (Å²) >= 11 is 0. The Morgan fingerprint density at radius 2 is 2.46 bits per heavy atom. The predicted molar refractivity (Wildman–Crippen MR) is 49.3 cm³/mol. The van der Waals surface area contributed by atoms with Gasteiger partial charge in [-0.25, -0.2) is 4.98 Å². The van der Waals surface area contributed by atoms with Gasteiger partial charge in [-0.2, -0.15) is 0 Å². The Morgan fingerprint density at radius 3 is 3.23 bits per heavy atom. The van der Waals surface area contributed by atoms with E-state index in [4.69, 9.17) is 0 Å². The number of benzene rings is 1. The third-order valence-corrected chi connectivity index (χ3v) is 1.88. The van der Waals surface area contributed by atoms with Crippen LogP contribution in [0.1, 0.15) is 12.5 Å². The molecule has 0 unspecified atom stereocenters. The SMILES string of the molecule is CC(=O)Cc1ccc2[nH][c]nc2c1. The van der Waals surface area contributed by atoms with Crippen LogP contribution in [-0.4, -0.2) is 15.8 Å². The van der Waals surface area contributed by atoms with Crippen molar-refractivity contribution in [3.05, 3.63) is 30.1 Å². The number of hydrogen-bond donors (Lipinski definition) is 1. The van der Waals surface area contributed by atoms with Crippen LogP contribution < -0.4 is 0 Å². The Kier molecular flexibility index (Phi) is 1.85. The predicted octanol–water partition coefficient (Wildman–Crippen LogP) is 1.49. The van der Waals surface area contributed by atoms with E-state index in [-0.39, 0.29) is 5.78 Å². The fourth-order valence-electron chi connectivity index (χ4n) is 1.32. The summed E-state index contributed by atoms with van der Waals surface area (Å²) < 4.78 is 0. The van der Waals surface area contributed by atoms with Gasteiger partial charge in [-0.15, -0.1) is 0 Å². The summed E-state index contributed by atoms with van der Waals surface area (Å²) in [6.45, 7) is 1.58. The summed E-state index contributed by atoms with van der Waals surface area (Å²) in [5.74, 6) is 0.166. The van der Waals surface area contributed by atoms with Crippen molar-refractivity contribution in [3.8, 4) is 0 Å². The van der Waals surface area contributed by atoms with E-state index in [0.29, 0.717) is 6.42 Å². The Balaban J connectivity index is 2.42.